The smallest absolute Gasteiger partial charge is 0.252 e. The van der Waals surface area contributed by atoms with E-state index in [2.05, 4.69) is 21.2 Å². The maximum absolute atomic E-state index is 11.9. The van der Waals surface area contributed by atoms with Gasteiger partial charge in [-0.2, -0.15) is 0 Å². The molecule has 0 aliphatic carbocycles. The summed E-state index contributed by atoms with van der Waals surface area (Å²) in [4.78, 5) is 12.8. The zero-order valence-corrected chi connectivity index (χ0v) is 12.6. The lowest BCUT2D eigenvalue weighted by Crippen LogP contribution is -2.25. The molecule has 1 aromatic carbocycles. The molecule has 100 valence electrons. The van der Waals surface area contributed by atoms with Crippen molar-refractivity contribution in [2.24, 2.45) is 0 Å². The fourth-order valence-corrected chi connectivity index (χ4v) is 2.90. The maximum atomic E-state index is 11.9. The number of halogens is 1. The minimum absolute atomic E-state index is 0.133. The lowest BCUT2D eigenvalue weighted by molar-refractivity contribution is 0.0942. The first-order chi connectivity index (χ1) is 9.18. The number of rotatable bonds is 5. The molecule has 1 aromatic heterocycles. The Morgan fingerprint density at radius 2 is 2.11 bits per heavy atom. The van der Waals surface area contributed by atoms with Gasteiger partial charge in [0.05, 0.1) is 11.7 Å². The lowest BCUT2D eigenvalue weighted by atomic mass is 10.2. The first kappa shape index (κ1) is 14.2. The summed E-state index contributed by atoms with van der Waals surface area (Å²) in [5.41, 5.74) is 0.605. The predicted octanol–water partition coefficient (Wildman–Crippen LogP) is 3.36. The molecule has 1 heterocycles. The van der Waals surface area contributed by atoms with E-state index in [9.17, 15) is 9.90 Å². The monoisotopic (exact) mass is 339 g/mol. The first-order valence-electron chi connectivity index (χ1n) is 5.92. The lowest BCUT2D eigenvalue weighted by Gasteiger charge is -2.10. The Morgan fingerprint density at radius 1 is 1.32 bits per heavy atom. The molecule has 19 heavy (non-hydrogen) atoms. The van der Waals surface area contributed by atoms with Crippen molar-refractivity contribution in [3.05, 3.63) is 56.7 Å². The Hall–Kier alpha value is -1.17. The van der Waals surface area contributed by atoms with Gasteiger partial charge >= 0.3 is 0 Å². The third-order valence-electron chi connectivity index (χ3n) is 2.69. The highest BCUT2D eigenvalue weighted by Gasteiger charge is 2.11. The molecule has 2 N–H and O–H groups in total. The molecule has 0 saturated carbocycles. The molecule has 2 rings (SSSR count). The summed E-state index contributed by atoms with van der Waals surface area (Å²) in [6.07, 6.45) is -0.00372. The van der Waals surface area contributed by atoms with Gasteiger partial charge in [-0.15, -0.1) is 11.3 Å². The van der Waals surface area contributed by atoms with Crippen molar-refractivity contribution < 1.29 is 9.90 Å². The highest BCUT2D eigenvalue weighted by molar-refractivity contribution is 9.10. The molecule has 0 fully saturated rings. The summed E-state index contributed by atoms with van der Waals surface area (Å²) in [6, 6.07) is 11.1. The van der Waals surface area contributed by atoms with Crippen LogP contribution in [0.4, 0.5) is 0 Å². The van der Waals surface area contributed by atoms with E-state index >= 15 is 0 Å². The van der Waals surface area contributed by atoms with Crippen molar-refractivity contribution in [3.63, 3.8) is 0 Å². The van der Waals surface area contributed by atoms with Gasteiger partial charge in [0.25, 0.3) is 5.91 Å². The largest absolute Gasteiger partial charge is 0.388 e. The Morgan fingerprint density at radius 3 is 2.79 bits per heavy atom. The average molecular weight is 340 g/mol. The van der Waals surface area contributed by atoms with Crippen LogP contribution in [0.15, 0.2) is 46.3 Å². The maximum Gasteiger partial charge on any atom is 0.252 e. The van der Waals surface area contributed by atoms with Gasteiger partial charge in [-0.3, -0.25) is 4.79 Å². The predicted molar refractivity (Wildman–Crippen MR) is 80.4 cm³/mol. The average Bonchev–Trinajstić information content (AvgIpc) is 2.93. The zero-order valence-electron chi connectivity index (χ0n) is 10.2. The number of benzene rings is 1. The van der Waals surface area contributed by atoms with Gasteiger partial charge in [-0.05, 0) is 45.9 Å². The van der Waals surface area contributed by atoms with E-state index in [0.29, 0.717) is 18.5 Å². The molecular formula is C14H14BrNO2S. The summed E-state index contributed by atoms with van der Waals surface area (Å²) in [5, 5.41) is 14.6. The number of hydrogen-bond donors (Lipinski definition) is 2. The van der Waals surface area contributed by atoms with Crippen LogP contribution in [0.2, 0.25) is 0 Å². The Bertz CT molecular complexity index is 542. The number of amides is 1. The zero-order chi connectivity index (χ0) is 13.7. The number of carbonyl (C=O) groups excluding carboxylic acids is 1. The van der Waals surface area contributed by atoms with E-state index in [-0.39, 0.29) is 5.91 Å². The number of thiophene rings is 1. The molecule has 0 bridgehead atoms. The van der Waals surface area contributed by atoms with E-state index in [1.165, 1.54) is 11.3 Å². The van der Waals surface area contributed by atoms with Gasteiger partial charge < -0.3 is 10.4 Å². The van der Waals surface area contributed by atoms with Gasteiger partial charge in [-0.1, -0.05) is 18.2 Å². The molecule has 5 heteroatoms. The van der Waals surface area contributed by atoms with Crippen LogP contribution < -0.4 is 5.32 Å². The van der Waals surface area contributed by atoms with E-state index < -0.39 is 6.10 Å². The van der Waals surface area contributed by atoms with Crippen LogP contribution in [-0.2, 0) is 0 Å². The van der Waals surface area contributed by atoms with Crippen molar-refractivity contribution in [1.29, 1.82) is 0 Å². The summed E-state index contributed by atoms with van der Waals surface area (Å²) in [6.45, 7) is 0.444. The molecule has 0 radical (unpaired) electrons. The van der Waals surface area contributed by atoms with Crippen LogP contribution in [0.3, 0.4) is 0 Å². The molecule has 3 nitrogen and oxygen atoms in total. The molecule has 1 atom stereocenters. The number of nitrogens with one attached hydrogen (secondary N) is 1. The van der Waals surface area contributed by atoms with E-state index in [4.69, 9.17) is 0 Å². The fourth-order valence-electron chi connectivity index (χ4n) is 1.69. The van der Waals surface area contributed by atoms with Crippen molar-refractivity contribution in [2.75, 3.05) is 6.54 Å². The van der Waals surface area contributed by atoms with Crippen molar-refractivity contribution in [2.45, 2.75) is 12.5 Å². The summed E-state index contributed by atoms with van der Waals surface area (Å²) >= 11 is 4.86. The number of carbonyl (C=O) groups is 1. The van der Waals surface area contributed by atoms with Gasteiger partial charge in [0.2, 0.25) is 0 Å². The van der Waals surface area contributed by atoms with Gasteiger partial charge in [0.1, 0.15) is 0 Å². The van der Waals surface area contributed by atoms with E-state index in [1.807, 2.05) is 35.7 Å². The van der Waals surface area contributed by atoms with E-state index in [0.717, 1.165) is 9.35 Å². The second kappa shape index (κ2) is 6.84. The fraction of sp³-hybridized carbons (Fsp3) is 0.214. The number of aliphatic hydroxyl groups is 1. The number of hydrogen-bond acceptors (Lipinski definition) is 3. The molecule has 0 aliphatic heterocycles. The minimum atomic E-state index is -0.514. The highest BCUT2D eigenvalue weighted by Crippen LogP contribution is 2.21. The Labute approximate surface area is 124 Å². The Kier molecular flexibility index (Phi) is 5.13. The van der Waals surface area contributed by atoms with Crippen molar-refractivity contribution in [1.82, 2.24) is 5.32 Å². The molecule has 0 spiro atoms. The molecule has 0 saturated heterocycles. The molecule has 2 aromatic rings. The van der Waals surface area contributed by atoms with Crippen LogP contribution in [0, 0.1) is 0 Å². The van der Waals surface area contributed by atoms with Crippen molar-refractivity contribution in [3.8, 4) is 0 Å². The summed E-state index contributed by atoms with van der Waals surface area (Å²) < 4.78 is 0.770. The van der Waals surface area contributed by atoms with Gasteiger partial charge in [0.15, 0.2) is 0 Å². The number of aliphatic hydroxyl groups excluding tert-OH is 1. The van der Waals surface area contributed by atoms with Crippen LogP contribution in [0.5, 0.6) is 0 Å². The second-order valence-electron chi connectivity index (χ2n) is 4.06. The quantitative estimate of drug-likeness (QED) is 0.877. The Balaban J connectivity index is 1.83. The third-order valence-corrected chi connectivity index (χ3v) is 4.36. The van der Waals surface area contributed by atoms with Crippen LogP contribution in [-0.4, -0.2) is 17.6 Å². The first-order valence-corrected chi connectivity index (χ1v) is 7.60. The van der Waals surface area contributed by atoms with Crippen molar-refractivity contribution >= 4 is 33.2 Å². The van der Waals surface area contributed by atoms with Gasteiger partial charge in [0, 0.05) is 15.9 Å². The topological polar surface area (TPSA) is 49.3 Å². The summed E-state index contributed by atoms with van der Waals surface area (Å²) in [5.74, 6) is -0.133. The summed E-state index contributed by atoms with van der Waals surface area (Å²) in [7, 11) is 0. The molecule has 0 unspecified atom stereocenters. The van der Waals surface area contributed by atoms with Crippen LogP contribution >= 0.6 is 27.3 Å². The van der Waals surface area contributed by atoms with E-state index in [1.54, 1.807) is 6.07 Å². The second-order valence-corrected chi connectivity index (χ2v) is 5.89. The minimum Gasteiger partial charge on any atom is -0.388 e. The van der Waals surface area contributed by atoms with Gasteiger partial charge in [-0.25, -0.2) is 0 Å². The standard InChI is InChI=1S/C14H14BrNO2S/c15-11-5-2-1-4-10(11)14(18)16-8-7-12(17)13-6-3-9-19-13/h1-6,9,12,17H,7-8H2,(H,16,18)/t12-/m1/s1. The molecule has 0 aliphatic rings. The van der Waals surface area contributed by atoms with Crippen LogP contribution in [0.25, 0.3) is 0 Å². The molecule has 1 amide bonds. The normalized spacial score (nSPS) is 12.1. The molecular weight excluding hydrogens is 326 g/mol. The third kappa shape index (κ3) is 3.89. The highest BCUT2D eigenvalue weighted by atomic mass is 79.9. The van der Waals surface area contributed by atoms with Crippen LogP contribution in [0.1, 0.15) is 27.8 Å². The SMILES string of the molecule is O=C(NCC[C@@H](O)c1cccs1)c1ccccc1Br.